The van der Waals surface area contributed by atoms with Gasteiger partial charge in [-0.05, 0) is 6.42 Å². The number of nitrogens with one attached hydrogen (secondary N) is 1. The molecule has 2 heteroatoms. The first-order valence-electron chi connectivity index (χ1n) is 5.79. The fourth-order valence-corrected chi connectivity index (χ4v) is 1.13. The molecule has 0 atom stereocenters. The number of ether oxygens (including phenoxy) is 1. The van der Waals surface area contributed by atoms with Gasteiger partial charge >= 0.3 is 0 Å². The predicted octanol–water partition coefficient (Wildman–Crippen LogP) is 2.83. The topological polar surface area (TPSA) is 21.3 Å². The molecule has 14 heavy (non-hydrogen) atoms. The molecule has 0 rings (SSSR count). The second-order valence-electron chi connectivity index (χ2n) is 5.11. The van der Waals surface area contributed by atoms with E-state index in [1.807, 2.05) is 0 Å². The average molecular weight is 201 g/mol. The van der Waals surface area contributed by atoms with Gasteiger partial charge in [0.05, 0.1) is 6.61 Å². The van der Waals surface area contributed by atoms with Crippen LogP contribution in [0.15, 0.2) is 0 Å². The highest BCUT2D eigenvalue weighted by molar-refractivity contribution is 4.72. The van der Waals surface area contributed by atoms with E-state index in [2.05, 4.69) is 39.9 Å². The van der Waals surface area contributed by atoms with Crippen LogP contribution in [0.3, 0.4) is 0 Å². The zero-order chi connectivity index (χ0) is 11.0. The van der Waals surface area contributed by atoms with Crippen molar-refractivity contribution in [1.29, 1.82) is 0 Å². The van der Waals surface area contributed by atoms with E-state index >= 15 is 0 Å². The van der Waals surface area contributed by atoms with Gasteiger partial charge in [-0.15, -0.1) is 0 Å². The van der Waals surface area contributed by atoms with Crippen LogP contribution in [0.2, 0.25) is 0 Å². The molecule has 0 saturated carbocycles. The molecule has 0 aliphatic carbocycles. The Morgan fingerprint density at radius 3 is 2.43 bits per heavy atom. The van der Waals surface area contributed by atoms with Crippen LogP contribution in [0.1, 0.15) is 47.5 Å². The lowest BCUT2D eigenvalue weighted by atomic mass is 9.94. The van der Waals surface area contributed by atoms with E-state index in [0.717, 1.165) is 19.8 Å². The number of unbranched alkanes of at least 4 members (excludes halogenated alkanes) is 1. The molecule has 0 radical (unpaired) electrons. The van der Waals surface area contributed by atoms with Crippen molar-refractivity contribution in [2.75, 3.05) is 19.8 Å². The van der Waals surface area contributed by atoms with Crippen LogP contribution in [-0.4, -0.2) is 25.8 Å². The molecule has 0 aromatic heterocycles. The van der Waals surface area contributed by atoms with Gasteiger partial charge in [-0.3, -0.25) is 0 Å². The van der Waals surface area contributed by atoms with Crippen molar-refractivity contribution in [3.8, 4) is 0 Å². The molecule has 0 saturated heterocycles. The predicted molar refractivity (Wildman–Crippen MR) is 62.6 cm³/mol. The summed E-state index contributed by atoms with van der Waals surface area (Å²) in [6.07, 6.45) is 2.39. The molecule has 0 spiro atoms. The van der Waals surface area contributed by atoms with Crippen LogP contribution in [0, 0.1) is 5.41 Å². The lowest BCUT2D eigenvalue weighted by molar-refractivity contribution is 0.0595. The molecular formula is C12H27NO. The van der Waals surface area contributed by atoms with Gasteiger partial charge in [-0.2, -0.15) is 0 Å². The highest BCUT2D eigenvalue weighted by atomic mass is 16.5. The van der Waals surface area contributed by atoms with Crippen LogP contribution in [0.4, 0.5) is 0 Å². The second kappa shape index (κ2) is 7.24. The van der Waals surface area contributed by atoms with Gasteiger partial charge in [0.1, 0.15) is 0 Å². The van der Waals surface area contributed by atoms with Crippen molar-refractivity contribution >= 4 is 0 Å². The van der Waals surface area contributed by atoms with Crippen molar-refractivity contribution in [2.45, 2.75) is 53.5 Å². The molecule has 0 unspecified atom stereocenters. The van der Waals surface area contributed by atoms with Gasteiger partial charge in [-0.25, -0.2) is 0 Å². The van der Waals surface area contributed by atoms with Crippen molar-refractivity contribution in [3.05, 3.63) is 0 Å². The standard InChI is InChI=1S/C12H27NO/c1-6-7-8-14-10-12(4,5)9-13-11(2)3/h11,13H,6-10H2,1-5H3. The Balaban J connectivity index is 3.50. The third-order valence-corrected chi connectivity index (χ3v) is 2.12. The Kier molecular flexibility index (Phi) is 7.20. The van der Waals surface area contributed by atoms with E-state index in [-0.39, 0.29) is 5.41 Å². The minimum atomic E-state index is 0.248. The molecule has 86 valence electrons. The summed E-state index contributed by atoms with van der Waals surface area (Å²) in [6, 6.07) is 0.560. The van der Waals surface area contributed by atoms with Gasteiger partial charge in [-0.1, -0.05) is 41.0 Å². The zero-order valence-corrected chi connectivity index (χ0v) is 10.5. The molecule has 2 nitrogen and oxygen atoms in total. The Hall–Kier alpha value is -0.0800. The first-order valence-corrected chi connectivity index (χ1v) is 5.79. The summed E-state index contributed by atoms with van der Waals surface area (Å²) in [4.78, 5) is 0. The molecule has 0 bridgehead atoms. The lowest BCUT2D eigenvalue weighted by Crippen LogP contribution is -2.36. The molecule has 1 N–H and O–H groups in total. The van der Waals surface area contributed by atoms with Crippen LogP contribution >= 0.6 is 0 Å². The lowest BCUT2D eigenvalue weighted by Gasteiger charge is -2.26. The Bertz CT molecular complexity index is 132. The largest absolute Gasteiger partial charge is 0.381 e. The van der Waals surface area contributed by atoms with E-state index in [1.54, 1.807) is 0 Å². The summed E-state index contributed by atoms with van der Waals surface area (Å²) in [5.41, 5.74) is 0.248. The second-order valence-corrected chi connectivity index (χ2v) is 5.11. The number of rotatable bonds is 8. The maximum absolute atomic E-state index is 5.63. The van der Waals surface area contributed by atoms with Crippen molar-refractivity contribution in [1.82, 2.24) is 5.32 Å². The third-order valence-electron chi connectivity index (χ3n) is 2.12. The van der Waals surface area contributed by atoms with E-state index in [4.69, 9.17) is 4.74 Å². The summed E-state index contributed by atoms with van der Waals surface area (Å²) >= 11 is 0. The Morgan fingerprint density at radius 1 is 1.29 bits per heavy atom. The van der Waals surface area contributed by atoms with Gasteiger partial charge in [0, 0.05) is 24.6 Å². The minimum Gasteiger partial charge on any atom is -0.381 e. The van der Waals surface area contributed by atoms with Crippen molar-refractivity contribution in [2.24, 2.45) is 5.41 Å². The number of hydrogen-bond donors (Lipinski definition) is 1. The van der Waals surface area contributed by atoms with Crippen LogP contribution in [-0.2, 0) is 4.74 Å². The van der Waals surface area contributed by atoms with Gasteiger partial charge < -0.3 is 10.1 Å². The first kappa shape index (κ1) is 13.9. The molecule has 0 amide bonds. The molecule has 0 heterocycles. The van der Waals surface area contributed by atoms with Crippen LogP contribution < -0.4 is 5.32 Å². The monoisotopic (exact) mass is 201 g/mol. The number of hydrogen-bond acceptors (Lipinski definition) is 2. The molecule has 0 aromatic rings. The third kappa shape index (κ3) is 8.52. The Morgan fingerprint density at radius 2 is 1.93 bits per heavy atom. The van der Waals surface area contributed by atoms with Crippen molar-refractivity contribution in [3.63, 3.8) is 0 Å². The minimum absolute atomic E-state index is 0.248. The average Bonchev–Trinajstić information content (AvgIpc) is 2.10. The summed E-state index contributed by atoms with van der Waals surface area (Å²) < 4.78 is 5.63. The normalized spacial score (nSPS) is 12.4. The van der Waals surface area contributed by atoms with Gasteiger partial charge in [0.25, 0.3) is 0 Å². The van der Waals surface area contributed by atoms with Crippen LogP contribution in [0.5, 0.6) is 0 Å². The smallest absolute Gasteiger partial charge is 0.0529 e. The molecular weight excluding hydrogens is 174 g/mol. The molecule has 0 aromatic carbocycles. The maximum Gasteiger partial charge on any atom is 0.0529 e. The summed E-state index contributed by atoms with van der Waals surface area (Å²) in [7, 11) is 0. The van der Waals surface area contributed by atoms with Gasteiger partial charge in [0.2, 0.25) is 0 Å². The SMILES string of the molecule is CCCCOCC(C)(C)CNC(C)C. The summed E-state index contributed by atoms with van der Waals surface area (Å²) in [6.45, 7) is 13.8. The van der Waals surface area contributed by atoms with E-state index in [1.165, 1.54) is 12.8 Å². The van der Waals surface area contributed by atoms with Crippen LogP contribution in [0.25, 0.3) is 0 Å². The first-order chi connectivity index (χ1) is 6.48. The molecule has 0 fully saturated rings. The summed E-state index contributed by atoms with van der Waals surface area (Å²) in [5, 5.41) is 3.45. The quantitative estimate of drug-likeness (QED) is 0.610. The Labute approximate surface area is 89.4 Å². The zero-order valence-electron chi connectivity index (χ0n) is 10.5. The van der Waals surface area contributed by atoms with Gasteiger partial charge in [0.15, 0.2) is 0 Å². The molecule has 0 aliphatic heterocycles. The highest BCUT2D eigenvalue weighted by Gasteiger charge is 2.17. The van der Waals surface area contributed by atoms with E-state index in [0.29, 0.717) is 6.04 Å². The van der Waals surface area contributed by atoms with E-state index < -0.39 is 0 Å². The fraction of sp³-hybridized carbons (Fsp3) is 1.00. The maximum atomic E-state index is 5.63. The summed E-state index contributed by atoms with van der Waals surface area (Å²) in [5.74, 6) is 0. The van der Waals surface area contributed by atoms with E-state index in [9.17, 15) is 0 Å². The highest BCUT2D eigenvalue weighted by Crippen LogP contribution is 2.14. The molecule has 0 aliphatic rings. The fourth-order valence-electron chi connectivity index (χ4n) is 1.13. The van der Waals surface area contributed by atoms with Crippen molar-refractivity contribution < 1.29 is 4.74 Å².